The number of hydrogen-bond donors (Lipinski definition) is 3. The Morgan fingerprint density at radius 2 is 1.94 bits per heavy atom. The minimum Gasteiger partial charge on any atom is -0.493 e. The van der Waals surface area contributed by atoms with Gasteiger partial charge in [0.25, 0.3) is 5.91 Å². The van der Waals surface area contributed by atoms with E-state index in [-0.39, 0.29) is 29.1 Å². The van der Waals surface area contributed by atoms with Gasteiger partial charge in [0, 0.05) is 37.5 Å². The molecule has 184 valence electrons. The second-order valence-electron chi connectivity index (χ2n) is 8.91. The zero-order chi connectivity index (χ0) is 24.8. The summed E-state index contributed by atoms with van der Waals surface area (Å²) in [5.74, 6) is -0.438. The molecule has 1 amide bonds. The van der Waals surface area contributed by atoms with E-state index >= 15 is 0 Å². The Hall–Kier alpha value is -4.48. The zero-order valence-corrected chi connectivity index (χ0v) is 19.2. The molecule has 11 nitrogen and oxygen atoms in total. The summed E-state index contributed by atoms with van der Waals surface area (Å²) in [4.78, 5) is 42.5. The van der Waals surface area contributed by atoms with Gasteiger partial charge in [-0.2, -0.15) is 9.61 Å². The summed E-state index contributed by atoms with van der Waals surface area (Å²) < 4.78 is 15.7. The van der Waals surface area contributed by atoms with Gasteiger partial charge in [0.05, 0.1) is 17.8 Å². The van der Waals surface area contributed by atoms with Crippen molar-refractivity contribution in [3.8, 4) is 5.88 Å². The van der Waals surface area contributed by atoms with Crippen molar-refractivity contribution < 1.29 is 14.3 Å². The smallest absolute Gasteiger partial charge is 0.326 e. The summed E-state index contributed by atoms with van der Waals surface area (Å²) >= 11 is 0. The minimum atomic E-state index is -0.525. The molecule has 3 N–H and O–H groups in total. The lowest BCUT2D eigenvalue weighted by Crippen LogP contribution is -2.49. The number of piperazine rings is 1. The van der Waals surface area contributed by atoms with E-state index in [1.54, 1.807) is 33.8 Å². The molecule has 4 heterocycles. The number of hydrogen-bond acceptors (Lipinski definition) is 7. The molecule has 0 spiro atoms. The van der Waals surface area contributed by atoms with Crippen molar-refractivity contribution in [3.63, 3.8) is 0 Å². The lowest BCUT2D eigenvalue weighted by atomic mass is 10.1. The third kappa shape index (κ3) is 4.10. The van der Waals surface area contributed by atoms with Crippen LogP contribution in [0.2, 0.25) is 0 Å². The predicted octanol–water partition coefficient (Wildman–Crippen LogP) is 0.164. The lowest BCUT2D eigenvalue weighted by Gasteiger charge is -2.35. The number of rotatable bonds is 4. The molecular formula is C24H23FN8O3. The average Bonchev–Trinajstić information content (AvgIpc) is 3.51. The summed E-state index contributed by atoms with van der Waals surface area (Å²) in [6.45, 7) is 1.88. The van der Waals surface area contributed by atoms with E-state index in [1.165, 1.54) is 12.1 Å². The number of carbonyl (C=O) groups excluding carboxylic acids is 1. The second-order valence-corrected chi connectivity index (χ2v) is 8.91. The van der Waals surface area contributed by atoms with Gasteiger partial charge in [-0.15, -0.1) is 0 Å². The highest BCUT2D eigenvalue weighted by molar-refractivity contribution is 5.94. The number of H-pyrrole nitrogens is 2. The van der Waals surface area contributed by atoms with Crippen LogP contribution in [0.15, 0.2) is 46.3 Å². The van der Waals surface area contributed by atoms with Gasteiger partial charge >= 0.3 is 5.69 Å². The first kappa shape index (κ1) is 22.0. The maximum atomic E-state index is 14.1. The monoisotopic (exact) mass is 490 g/mol. The molecule has 1 saturated carbocycles. The molecular weight excluding hydrogens is 467 g/mol. The molecule has 0 radical (unpaired) electrons. The van der Waals surface area contributed by atoms with Gasteiger partial charge in [-0.3, -0.25) is 14.8 Å². The molecule has 12 heteroatoms. The van der Waals surface area contributed by atoms with Crippen LogP contribution < -0.4 is 21.3 Å². The van der Waals surface area contributed by atoms with Gasteiger partial charge in [0.1, 0.15) is 17.3 Å². The number of fused-ring (bicyclic) bond motifs is 1. The molecule has 36 heavy (non-hydrogen) atoms. The van der Waals surface area contributed by atoms with Crippen LogP contribution in [0.3, 0.4) is 0 Å². The largest absolute Gasteiger partial charge is 0.493 e. The van der Waals surface area contributed by atoms with Crippen LogP contribution in [0.25, 0.3) is 11.7 Å². The van der Waals surface area contributed by atoms with E-state index in [9.17, 15) is 19.1 Å². The third-order valence-corrected chi connectivity index (χ3v) is 6.36. The average molecular weight is 490 g/mol. The van der Waals surface area contributed by atoms with Gasteiger partial charge < -0.3 is 19.9 Å². The molecule has 4 aromatic rings. The lowest BCUT2D eigenvalue weighted by molar-refractivity contribution is 0.0742. The number of benzene rings is 1. The quantitative estimate of drug-likeness (QED) is 0.373. The van der Waals surface area contributed by atoms with Crippen molar-refractivity contribution in [3.05, 3.63) is 74.8 Å². The summed E-state index contributed by atoms with van der Waals surface area (Å²) in [5.41, 5.74) is 0.965. The van der Waals surface area contributed by atoms with Crippen LogP contribution in [-0.2, 0) is 0 Å². The fourth-order valence-electron chi connectivity index (χ4n) is 4.29. The van der Waals surface area contributed by atoms with Crippen LogP contribution in [0.1, 0.15) is 28.9 Å². The van der Waals surface area contributed by atoms with E-state index in [2.05, 4.69) is 20.0 Å². The molecule has 0 atom stereocenters. The number of anilines is 1. The summed E-state index contributed by atoms with van der Waals surface area (Å²) in [7, 11) is 0. The first-order valence-corrected chi connectivity index (χ1v) is 11.7. The fourth-order valence-corrected chi connectivity index (χ4v) is 4.29. The Labute approximate surface area is 203 Å². The molecule has 2 aliphatic rings. The van der Waals surface area contributed by atoms with Crippen LogP contribution in [0.5, 0.6) is 5.88 Å². The van der Waals surface area contributed by atoms with Gasteiger partial charge in [0.2, 0.25) is 5.88 Å². The number of aromatic hydroxyl groups is 1. The minimum absolute atomic E-state index is 0.0708. The number of carbonyl (C=O) groups is 1. The van der Waals surface area contributed by atoms with Crippen molar-refractivity contribution in [1.29, 1.82) is 0 Å². The van der Waals surface area contributed by atoms with Crippen molar-refractivity contribution in [1.82, 2.24) is 29.5 Å². The van der Waals surface area contributed by atoms with E-state index in [4.69, 9.17) is 9.98 Å². The van der Waals surface area contributed by atoms with Crippen molar-refractivity contribution >= 4 is 23.4 Å². The SMILES string of the molecule is O=C(c1ccccc1F)N1CCN(c2cc(=NC3CC3)n3ncc(=Cc4[nH]c(=O)[nH]c4O)c3n2)CC1. The summed E-state index contributed by atoms with van der Waals surface area (Å²) in [5, 5.41) is 15.0. The van der Waals surface area contributed by atoms with E-state index in [1.807, 2.05) is 6.07 Å². The third-order valence-electron chi connectivity index (χ3n) is 6.36. The van der Waals surface area contributed by atoms with E-state index in [0.29, 0.717) is 48.4 Å². The summed E-state index contributed by atoms with van der Waals surface area (Å²) in [6.07, 6.45) is 5.25. The van der Waals surface area contributed by atoms with Crippen molar-refractivity contribution in [2.75, 3.05) is 31.1 Å². The van der Waals surface area contributed by atoms with Crippen molar-refractivity contribution in [2.24, 2.45) is 4.99 Å². The Morgan fingerprint density at radius 3 is 2.64 bits per heavy atom. The highest BCUT2D eigenvalue weighted by Gasteiger charge is 2.26. The Kier molecular flexibility index (Phi) is 5.28. The number of nitrogens with zero attached hydrogens (tertiary/aromatic N) is 6. The van der Waals surface area contributed by atoms with E-state index in [0.717, 1.165) is 12.8 Å². The zero-order valence-electron chi connectivity index (χ0n) is 19.2. The van der Waals surface area contributed by atoms with Crippen LogP contribution in [0.4, 0.5) is 10.2 Å². The van der Waals surface area contributed by atoms with Gasteiger partial charge in [0.15, 0.2) is 11.1 Å². The Balaban J connectivity index is 1.33. The topological polar surface area (TPSA) is 135 Å². The number of aromatic amines is 2. The van der Waals surface area contributed by atoms with Crippen LogP contribution >= 0.6 is 0 Å². The normalized spacial score (nSPS) is 17.4. The molecule has 1 aliphatic heterocycles. The number of imidazole rings is 1. The fraction of sp³-hybridized carbons (Fsp3) is 0.292. The standard InChI is InChI=1S/C24H23FN8O3/c25-17-4-2-1-3-16(17)23(35)32-9-7-31(8-10-32)19-12-20(27-15-5-6-15)33-21(29-19)14(13-26-33)11-18-22(34)30-24(36)28-18/h1-4,11-13,15,34H,5-10H2,(H2,28,30,36). The summed E-state index contributed by atoms with van der Waals surface area (Å²) in [6, 6.07) is 8.13. The first-order valence-electron chi connectivity index (χ1n) is 11.7. The predicted molar refractivity (Wildman–Crippen MR) is 128 cm³/mol. The Morgan fingerprint density at radius 1 is 1.17 bits per heavy atom. The molecule has 3 aromatic heterocycles. The number of nitrogens with one attached hydrogen (secondary N) is 2. The molecule has 1 aliphatic carbocycles. The van der Waals surface area contributed by atoms with Gasteiger partial charge in [-0.05, 0) is 31.1 Å². The van der Waals surface area contributed by atoms with Crippen LogP contribution in [-0.4, -0.2) is 72.7 Å². The van der Waals surface area contributed by atoms with E-state index < -0.39 is 11.5 Å². The first-order chi connectivity index (χ1) is 17.5. The highest BCUT2D eigenvalue weighted by atomic mass is 19.1. The van der Waals surface area contributed by atoms with Gasteiger partial charge in [-0.1, -0.05) is 12.1 Å². The Bertz CT molecular complexity index is 1640. The highest BCUT2D eigenvalue weighted by Crippen LogP contribution is 2.23. The van der Waals surface area contributed by atoms with Crippen molar-refractivity contribution in [2.45, 2.75) is 18.9 Å². The molecule has 0 unspecified atom stereocenters. The molecule has 2 fully saturated rings. The van der Waals surface area contributed by atoms with Crippen LogP contribution in [0, 0.1) is 5.82 Å². The molecule has 1 aromatic carbocycles. The molecule has 0 bridgehead atoms. The van der Waals surface area contributed by atoms with Gasteiger partial charge in [-0.25, -0.2) is 14.2 Å². The number of amides is 1. The second kappa shape index (κ2) is 8.63. The number of halogens is 1. The maximum Gasteiger partial charge on any atom is 0.326 e. The molecule has 1 saturated heterocycles. The number of aromatic nitrogens is 5. The molecule has 6 rings (SSSR count). The maximum absolute atomic E-state index is 14.1.